The number of hydrogen-bond donors (Lipinski definition) is 2. The summed E-state index contributed by atoms with van der Waals surface area (Å²) >= 11 is 1.33. The molecule has 0 bridgehead atoms. The van der Waals surface area contributed by atoms with Crippen molar-refractivity contribution in [3.8, 4) is 0 Å². The SMILES string of the molecule is CNCc1sc(S(=O)(=O)NCCC2CCCCO2)cc1C. The lowest BCUT2D eigenvalue weighted by Gasteiger charge is -2.22. The molecule has 0 aliphatic carbocycles. The van der Waals surface area contributed by atoms with Crippen molar-refractivity contribution < 1.29 is 13.2 Å². The number of ether oxygens (including phenoxy) is 1. The lowest BCUT2D eigenvalue weighted by molar-refractivity contribution is 0.0123. The Morgan fingerprint density at radius 2 is 2.24 bits per heavy atom. The van der Waals surface area contributed by atoms with E-state index in [0.29, 0.717) is 17.3 Å². The van der Waals surface area contributed by atoms with Gasteiger partial charge in [0, 0.05) is 24.6 Å². The van der Waals surface area contributed by atoms with Gasteiger partial charge in [0.15, 0.2) is 0 Å². The van der Waals surface area contributed by atoms with Gasteiger partial charge < -0.3 is 10.1 Å². The van der Waals surface area contributed by atoms with Crippen LogP contribution in [0.1, 0.15) is 36.1 Å². The smallest absolute Gasteiger partial charge is 0.250 e. The van der Waals surface area contributed by atoms with E-state index in [1.54, 1.807) is 6.07 Å². The Morgan fingerprint density at radius 1 is 1.43 bits per heavy atom. The molecule has 1 unspecified atom stereocenters. The molecule has 2 rings (SSSR count). The van der Waals surface area contributed by atoms with Crippen molar-refractivity contribution in [2.45, 2.75) is 49.5 Å². The molecular formula is C14H24N2O3S2. The highest BCUT2D eigenvalue weighted by atomic mass is 32.2. The minimum Gasteiger partial charge on any atom is -0.378 e. The standard InChI is InChI=1S/C14H24N2O3S2/c1-11-9-14(20-13(11)10-15-2)21(17,18)16-7-6-12-5-3-4-8-19-12/h9,12,15-16H,3-8,10H2,1-2H3. The van der Waals surface area contributed by atoms with Gasteiger partial charge in [-0.1, -0.05) is 0 Å². The molecule has 2 N–H and O–H groups in total. The summed E-state index contributed by atoms with van der Waals surface area (Å²) in [7, 11) is -1.54. The van der Waals surface area contributed by atoms with Gasteiger partial charge >= 0.3 is 0 Å². The summed E-state index contributed by atoms with van der Waals surface area (Å²) in [5, 5.41) is 3.05. The highest BCUT2D eigenvalue weighted by Crippen LogP contribution is 2.25. The maximum Gasteiger partial charge on any atom is 0.250 e. The number of rotatable bonds is 7. The van der Waals surface area contributed by atoms with Crippen LogP contribution in [0.2, 0.25) is 0 Å². The minimum atomic E-state index is -3.40. The van der Waals surface area contributed by atoms with Crippen LogP contribution >= 0.6 is 11.3 Å². The van der Waals surface area contributed by atoms with Crippen LogP contribution in [0.15, 0.2) is 10.3 Å². The van der Waals surface area contributed by atoms with Gasteiger partial charge in [-0.25, -0.2) is 13.1 Å². The highest BCUT2D eigenvalue weighted by molar-refractivity contribution is 7.91. The van der Waals surface area contributed by atoms with Gasteiger partial charge in [0.05, 0.1) is 6.10 Å². The van der Waals surface area contributed by atoms with Crippen molar-refractivity contribution in [2.24, 2.45) is 0 Å². The number of hydrogen-bond acceptors (Lipinski definition) is 5. The first-order valence-corrected chi connectivity index (χ1v) is 9.68. The second-order valence-electron chi connectivity index (χ2n) is 5.38. The van der Waals surface area contributed by atoms with Crippen LogP contribution in [-0.4, -0.2) is 34.7 Å². The van der Waals surface area contributed by atoms with Crippen LogP contribution in [0.5, 0.6) is 0 Å². The van der Waals surface area contributed by atoms with Crippen molar-refractivity contribution in [1.82, 2.24) is 10.0 Å². The fourth-order valence-corrected chi connectivity index (χ4v) is 5.11. The molecule has 1 fully saturated rings. The average molecular weight is 332 g/mol. The zero-order valence-corrected chi connectivity index (χ0v) is 14.3. The molecule has 120 valence electrons. The summed E-state index contributed by atoms with van der Waals surface area (Å²) in [6.45, 7) is 3.88. The van der Waals surface area contributed by atoms with Crippen LogP contribution in [-0.2, 0) is 21.3 Å². The molecule has 1 aromatic heterocycles. The number of aryl methyl sites for hydroxylation is 1. The Morgan fingerprint density at radius 3 is 2.90 bits per heavy atom. The summed E-state index contributed by atoms with van der Waals surface area (Å²) in [6.07, 6.45) is 4.27. The van der Waals surface area contributed by atoms with Crippen LogP contribution in [0.25, 0.3) is 0 Å². The van der Waals surface area contributed by atoms with E-state index in [2.05, 4.69) is 10.0 Å². The molecule has 5 nitrogen and oxygen atoms in total. The van der Waals surface area contributed by atoms with Gasteiger partial charge in [-0.2, -0.15) is 0 Å². The molecule has 0 amide bonds. The van der Waals surface area contributed by atoms with Gasteiger partial charge in [-0.3, -0.25) is 0 Å². The maximum absolute atomic E-state index is 12.3. The predicted molar refractivity (Wildman–Crippen MR) is 85.2 cm³/mol. The van der Waals surface area contributed by atoms with Gasteiger partial charge in [0.25, 0.3) is 0 Å². The third kappa shape index (κ3) is 4.75. The molecule has 0 radical (unpaired) electrons. The summed E-state index contributed by atoms with van der Waals surface area (Å²) in [6, 6.07) is 1.75. The molecule has 0 saturated carbocycles. The summed E-state index contributed by atoms with van der Waals surface area (Å²) in [5.74, 6) is 0. The summed E-state index contributed by atoms with van der Waals surface area (Å²) in [4.78, 5) is 1.06. The molecule has 7 heteroatoms. The molecule has 1 atom stereocenters. The molecule has 1 saturated heterocycles. The molecular weight excluding hydrogens is 308 g/mol. The largest absolute Gasteiger partial charge is 0.378 e. The van der Waals surface area contributed by atoms with Crippen molar-refractivity contribution in [1.29, 1.82) is 0 Å². The first kappa shape index (κ1) is 16.9. The van der Waals surface area contributed by atoms with Gasteiger partial charge in [0.1, 0.15) is 4.21 Å². The monoisotopic (exact) mass is 332 g/mol. The van der Waals surface area contributed by atoms with E-state index in [9.17, 15) is 8.42 Å². The molecule has 1 aliphatic heterocycles. The normalized spacial score (nSPS) is 19.8. The zero-order chi connectivity index (χ0) is 15.3. The third-order valence-corrected chi connectivity index (χ3v) is 6.80. The molecule has 0 spiro atoms. The fraction of sp³-hybridized carbons (Fsp3) is 0.714. The van der Waals surface area contributed by atoms with Crippen molar-refractivity contribution in [3.05, 3.63) is 16.5 Å². The quantitative estimate of drug-likeness (QED) is 0.801. The molecule has 0 aromatic carbocycles. The first-order valence-electron chi connectivity index (χ1n) is 7.38. The van der Waals surface area contributed by atoms with E-state index in [0.717, 1.165) is 36.3 Å². The van der Waals surface area contributed by atoms with E-state index in [1.807, 2.05) is 14.0 Å². The van der Waals surface area contributed by atoms with E-state index < -0.39 is 10.0 Å². The molecule has 1 aliphatic rings. The van der Waals surface area contributed by atoms with Crippen LogP contribution < -0.4 is 10.0 Å². The number of sulfonamides is 1. The zero-order valence-electron chi connectivity index (χ0n) is 12.6. The second-order valence-corrected chi connectivity index (χ2v) is 8.51. The van der Waals surface area contributed by atoms with E-state index in [-0.39, 0.29) is 6.10 Å². The number of nitrogens with one attached hydrogen (secondary N) is 2. The molecule has 2 heterocycles. The summed E-state index contributed by atoms with van der Waals surface area (Å²) < 4.78 is 33.3. The lowest BCUT2D eigenvalue weighted by atomic mass is 10.1. The van der Waals surface area contributed by atoms with Crippen LogP contribution in [0, 0.1) is 6.92 Å². The Kier molecular flexibility index (Phi) is 6.19. The van der Waals surface area contributed by atoms with E-state index in [1.165, 1.54) is 17.8 Å². The fourth-order valence-electron chi connectivity index (χ4n) is 2.42. The Balaban J connectivity index is 1.90. The van der Waals surface area contributed by atoms with E-state index >= 15 is 0 Å². The van der Waals surface area contributed by atoms with Gasteiger partial charge in [-0.05, 0) is 51.3 Å². The Hall–Kier alpha value is -0.470. The minimum absolute atomic E-state index is 0.200. The molecule has 1 aromatic rings. The van der Waals surface area contributed by atoms with Crippen LogP contribution in [0.4, 0.5) is 0 Å². The highest BCUT2D eigenvalue weighted by Gasteiger charge is 2.20. The van der Waals surface area contributed by atoms with E-state index in [4.69, 9.17) is 4.74 Å². The third-order valence-electron chi connectivity index (χ3n) is 3.63. The van der Waals surface area contributed by atoms with Crippen molar-refractivity contribution in [3.63, 3.8) is 0 Å². The Bertz CT molecular complexity index is 549. The van der Waals surface area contributed by atoms with Gasteiger partial charge in [0.2, 0.25) is 10.0 Å². The maximum atomic E-state index is 12.3. The Labute approximate surface area is 131 Å². The number of thiophene rings is 1. The van der Waals surface area contributed by atoms with Crippen LogP contribution in [0.3, 0.4) is 0 Å². The van der Waals surface area contributed by atoms with Crippen molar-refractivity contribution in [2.75, 3.05) is 20.2 Å². The second kappa shape index (κ2) is 7.69. The van der Waals surface area contributed by atoms with Crippen molar-refractivity contribution >= 4 is 21.4 Å². The topological polar surface area (TPSA) is 67.4 Å². The summed E-state index contributed by atoms with van der Waals surface area (Å²) in [5.41, 5.74) is 1.02. The average Bonchev–Trinajstić information content (AvgIpc) is 2.83. The predicted octanol–water partition coefficient (Wildman–Crippen LogP) is 2.01. The lowest BCUT2D eigenvalue weighted by Crippen LogP contribution is -2.29. The first-order chi connectivity index (χ1) is 10.0. The molecule has 21 heavy (non-hydrogen) atoms. The van der Waals surface area contributed by atoms with Gasteiger partial charge in [-0.15, -0.1) is 11.3 Å².